The molecule has 1 heterocycles. The smallest absolute Gasteiger partial charge is 0.265 e. The lowest BCUT2D eigenvalue weighted by molar-refractivity contribution is -0.122. The van der Waals surface area contributed by atoms with Crippen molar-refractivity contribution >= 4 is 17.4 Å². The number of aromatic nitrogens is 1. The fourth-order valence-electron chi connectivity index (χ4n) is 1.51. The predicted molar refractivity (Wildman–Crippen MR) is 73.8 cm³/mol. The topological polar surface area (TPSA) is 77.2 Å². The van der Waals surface area contributed by atoms with Crippen molar-refractivity contribution < 1.29 is 9.53 Å². The quantitative estimate of drug-likeness (QED) is 0.879. The van der Waals surface area contributed by atoms with Crippen LogP contribution in [0.5, 0.6) is 5.75 Å². The molecule has 19 heavy (non-hydrogen) atoms. The van der Waals surface area contributed by atoms with E-state index in [2.05, 4.69) is 10.3 Å². The molecule has 0 fully saturated rings. The molecule has 1 unspecified atom stereocenters. The van der Waals surface area contributed by atoms with Gasteiger partial charge >= 0.3 is 0 Å². The second-order valence-corrected chi connectivity index (χ2v) is 4.00. The highest BCUT2D eigenvalue weighted by Crippen LogP contribution is 2.19. The maximum absolute atomic E-state index is 11.9. The standard InChI is InChI=1S/C14H15N3O2/c1-10(19-12-8-5-9-16-13(12)15)14(18)17-11-6-3-2-4-7-11/h2-10H,1H3,(H2,15,16)(H,17,18). The number of nitrogen functional groups attached to an aromatic ring is 1. The maximum atomic E-state index is 11.9. The summed E-state index contributed by atoms with van der Waals surface area (Å²) >= 11 is 0. The van der Waals surface area contributed by atoms with E-state index in [1.54, 1.807) is 25.3 Å². The van der Waals surface area contributed by atoms with Crippen molar-refractivity contribution in [1.29, 1.82) is 0 Å². The number of nitrogens with one attached hydrogen (secondary N) is 1. The third-order valence-corrected chi connectivity index (χ3v) is 2.51. The van der Waals surface area contributed by atoms with E-state index in [9.17, 15) is 4.79 Å². The molecule has 2 aromatic rings. The second-order valence-electron chi connectivity index (χ2n) is 4.00. The Morgan fingerprint density at radius 2 is 2.00 bits per heavy atom. The predicted octanol–water partition coefficient (Wildman–Crippen LogP) is 2.07. The van der Waals surface area contributed by atoms with Gasteiger partial charge in [-0.2, -0.15) is 0 Å². The number of hydrogen-bond donors (Lipinski definition) is 2. The van der Waals surface area contributed by atoms with Crippen LogP contribution >= 0.6 is 0 Å². The highest BCUT2D eigenvalue weighted by Gasteiger charge is 2.16. The van der Waals surface area contributed by atoms with Crippen LogP contribution in [0.1, 0.15) is 6.92 Å². The van der Waals surface area contributed by atoms with E-state index in [1.165, 1.54) is 0 Å². The molecule has 1 atom stereocenters. The number of rotatable bonds is 4. The number of hydrogen-bond acceptors (Lipinski definition) is 4. The average molecular weight is 257 g/mol. The summed E-state index contributed by atoms with van der Waals surface area (Å²) in [6, 6.07) is 12.6. The summed E-state index contributed by atoms with van der Waals surface area (Å²) in [6.45, 7) is 1.66. The molecule has 0 bridgehead atoms. The van der Waals surface area contributed by atoms with Crippen molar-refractivity contribution in [2.75, 3.05) is 11.1 Å². The van der Waals surface area contributed by atoms with E-state index in [1.807, 2.05) is 30.3 Å². The van der Waals surface area contributed by atoms with E-state index >= 15 is 0 Å². The van der Waals surface area contributed by atoms with Crippen molar-refractivity contribution in [3.05, 3.63) is 48.7 Å². The number of amides is 1. The van der Waals surface area contributed by atoms with Gasteiger partial charge in [0.2, 0.25) is 0 Å². The van der Waals surface area contributed by atoms with Gasteiger partial charge in [-0.25, -0.2) is 4.98 Å². The van der Waals surface area contributed by atoms with Crippen molar-refractivity contribution in [1.82, 2.24) is 4.98 Å². The first-order chi connectivity index (χ1) is 9.16. The Hall–Kier alpha value is -2.56. The van der Waals surface area contributed by atoms with Crippen LogP contribution in [-0.2, 0) is 4.79 Å². The number of benzene rings is 1. The zero-order chi connectivity index (χ0) is 13.7. The lowest BCUT2D eigenvalue weighted by Crippen LogP contribution is -2.30. The Morgan fingerprint density at radius 1 is 1.26 bits per heavy atom. The maximum Gasteiger partial charge on any atom is 0.265 e. The van der Waals surface area contributed by atoms with Crippen LogP contribution in [0.4, 0.5) is 11.5 Å². The van der Waals surface area contributed by atoms with Crippen LogP contribution in [0.3, 0.4) is 0 Å². The van der Waals surface area contributed by atoms with Crippen LogP contribution in [0.15, 0.2) is 48.7 Å². The minimum absolute atomic E-state index is 0.241. The lowest BCUT2D eigenvalue weighted by atomic mass is 10.3. The summed E-state index contributed by atoms with van der Waals surface area (Å²) in [5.41, 5.74) is 6.38. The molecule has 0 spiro atoms. The van der Waals surface area contributed by atoms with Crippen LogP contribution in [0.2, 0.25) is 0 Å². The Morgan fingerprint density at radius 3 is 2.68 bits per heavy atom. The molecule has 5 nitrogen and oxygen atoms in total. The third kappa shape index (κ3) is 3.45. The summed E-state index contributed by atoms with van der Waals surface area (Å²) in [5.74, 6) is 0.425. The lowest BCUT2D eigenvalue weighted by Gasteiger charge is -2.15. The summed E-state index contributed by atoms with van der Waals surface area (Å²) in [5, 5.41) is 2.76. The summed E-state index contributed by atoms with van der Waals surface area (Å²) in [7, 11) is 0. The molecule has 2 rings (SSSR count). The van der Waals surface area contributed by atoms with Crippen LogP contribution in [0, 0.1) is 0 Å². The minimum Gasteiger partial charge on any atom is -0.477 e. The molecule has 1 aromatic carbocycles. The molecule has 0 aliphatic carbocycles. The number of anilines is 2. The van der Waals surface area contributed by atoms with E-state index in [0.717, 1.165) is 5.69 Å². The fraction of sp³-hybridized carbons (Fsp3) is 0.143. The molecule has 0 saturated carbocycles. The molecule has 1 amide bonds. The molecule has 1 aromatic heterocycles. The van der Waals surface area contributed by atoms with Gasteiger partial charge in [-0.15, -0.1) is 0 Å². The average Bonchev–Trinajstić information content (AvgIpc) is 2.42. The van der Waals surface area contributed by atoms with E-state index < -0.39 is 6.10 Å². The first-order valence-corrected chi connectivity index (χ1v) is 5.90. The summed E-state index contributed by atoms with van der Waals surface area (Å²) in [6.07, 6.45) is 0.906. The Labute approximate surface area is 111 Å². The third-order valence-electron chi connectivity index (χ3n) is 2.51. The van der Waals surface area contributed by atoms with Gasteiger partial charge in [-0.3, -0.25) is 4.79 Å². The number of nitrogens with two attached hydrogens (primary N) is 1. The Kier molecular flexibility index (Phi) is 3.97. The normalized spacial score (nSPS) is 11.6. The number of ether oxygens (including phenoxy) is 1. The zero-order valence-corrected chi connectivity index (χ0v) is 10.5. The molecule has 0 saturated heterocycles. The van der Waals surface area contributed by atoms with Crippen molar-refractivity contribution in [3.8, 4) is 5.75 Å². The second kappa shape index (κ2) is 5.86. The monoisotopic (exact) mass is 257 g/mol. The number of carbonyl (C=O) groups excluding carboxylic acids is 1. The molecule has 0 radical (unpaired) electrons. The number of pyridine rings is 1. The van der Waals surface area contributed by atoms with E-state index in [4.69, 9.17) is 10.5 Å². The Bertz CT molecular complexity index is 558. The molecule has 5 heteroatoms. The van der Waals surface area contributed by atoms with Crippen LogP contribution in [0.25, 0.3) is 0 Å². The van der Waals surface area contributed by atoms with Crippen molar-refractivity contribution in [2.24, 2.45) is 0 Å². The highest BCUT2D eigenvalue weighted by atomic mass is 16.5. The van der Waals surface area contributed by atoms with Gasteiger partial charge in [0.15, 0.2) is 17.7 Å². The first kappa shape index (κ1) is 12.9. The van der Waals surface area contributed by atoms with Crippen molar-refractivity contribution in [3.63, 3.8) is 0 Å². The van der Waals surface area contributed by atoms with Gasteiger partial charge in [0.05, 0.1) is 0 Å². The minimum atomic E-state index is -0.660. The molecular weight excluding hydrogens is 242 g/mol. The number of para-hydroxylation sites is 1. The molecule has 0 aliphatic rings. The van der Waals surface area contributed by atoms with Gasteiger partial charge in [-0.05, 0) is 31.2 Å². The van der Waals surface area contributed by atoms with Crippen LogP contribution in [-0.4, -0.2) is 17.0 Å². The molecule has 98 valence electrons. The van der Waals surface area contributed by atoms with Gasteiger partial charge in [0.1, 0.15) is 0 Å². The van der Waals surface area contributed by atoms with E-state index in [-0.39, 0.29) is 11.7 Å². The largest absolute Gasteiger partial charge is 0.477 e. The van der Waals surface area contributed by atoms with Gasteiger partial charge in [0, 0.05) is 11.9 Å². The fourth-order valence-corrected chi connectivity index (χ4v) is 1.51. The first-order valence-electron chi connectivity index (χ1n) is 5.90. The molecular formula is C14H15N3O2. The SMILES string of the molecule is CC(Oc1cccnc1N)C(=O)Nc1ccccc1. The zero-order valence-electron chi connectivity index (χ0n) is 10.5. The number of carbonyl (C=O) groups is 1. The Balaban J connectivity index is 1.98. The van der Waals surface area contributed by atoms with Crippen LogP contribution < -0.4 is 15.8 Å². The summed E-state index contributed by atoms with van der Waals surface area (Å²) < 4.78 is 5.48. The van der Waals surface area contributed by atoms with Gasteiger partial charge < -0.3 is 15.8 Å². The van der Waals surface area contributed by atoms with E-state index in [0.29, 0.717) is 5.75 Å². The highest BCUT2D eigenvalue weighted by molar-refractivity contribution is 5.94. The van der Waals surface area contributed by atoms with Gasteiger partial charge in [0.25, 0.3) is 5.91 Å². The molecule has 3 N–H and O–H groups in total. The summed E-state index contributed by atoms with van der Waals surface area (Å²) in [4.78, 5) is 15.8. The van der Waals surface area contributed by atoms with Crippen molar-refractivity contribution in [2.45, 2.75) is 13.0 Å². The molecule has 0 aliphatic heterocycles. The number of nitrogens with zero attached hydrogens (tertiary/aromatic N) is 1. The van der Waals surface area contributed by atoms with Gasteiger partial charge in [-0.1, -0.05) is 18.2 Å².